The maximum absolute atomic E-state index is 11.4. The molecule has 88 valence electrons. The van der Waals surface area contributed by atoms with Crippen molar-refractivity contribution in [1.29, 1.82) is 0 Å². The first kappa shape index (κ1) is 12.4. The summed E-state index contributed by atoms with van der Waals surface area (Å²) < 4.78 is 1.27. The van der Waals surface area contributed by atoms with Crippen LogP contribution in [0, 0.1) is 6.92 Å². The molecule has 0 bridgehead atoms. The molecule has 0 aromatic carbocycles. The molecule has 3 N–H and O–H groups in total. The predicted octanol–water partition coefficient (Wildman–Crippen LogP) is -1.24. The first-order valence-corrected chi connectivity index (χ1v) is 4.78. The van der Waals surface area contributed by atoms with Crippen molar-refractivity contribution in [3.8, 4) is 0 Å². The van der Waals surface area contributed by atoms with Crippen molar-refractivity contribution in [3.05, 3.63) is 44.2 Å². The molecule has 0 fully saturated rings. The van der Waals surface area contributed by atoms with Gasteiger partial charge in [-0.05, 0) is 12.5 Å². The van der Waals surface area contributed by atoms with E-state index >= 15 is 0 Å². The summed E-state index contributed by atoms with van der Waals surface area (Å²) in [6.07, 6.45) is 2.84. The van der Waals surface area contributed by atoms with Gasteiger partial charge in [-0.15, -0.1) is 0 Å². The summed E-state index contributed by atoms with van der Waals surface area (Å²) >= 11 is 0. The van der Waals surface area contributed by atoms with Crippen LogP contribution < -0.4 is 11.2 Å². The van der Waals surface area contributed by atoms with Crippen molar-refractivity contribution in [1.82, 2.24) is 9.55 Å². The molecule has 0 saturated carbocycles. The van der Waals surface area contributed by atoms with Crippen molar-refractivity contribution in [2.45, 2.75) is 13.5 Å². The zero-order valence-electron chi connectivity index (χ0n) is 8.93. The second-order valence-corrected chi connectivity index (χ2v) is 3.40. The van der Waals surface area contributed by atoms with Crippen molar-refractivity contribution >= 4 is 0 Å². The summed E-state index contributed by atoms with van der Waals surface area (Å²) in [7, 11) is 0. The van der Waals surface area contributed by atoms with Gasteiger partial charge in [-0.2, -0.15) is 0 Å². The minimum atomic E-state index is -0.534. The Bertz CT molecular complexity index is 498. The average Bonchev–Trinajstić information content (AvgIpc) is 2.25. The topological polar surface area (TPSA) is 95.3 Å². The Hall–Kier alpha value is -1.66. The first-order chi connectivity index (χ1) is 7.58. The van der Waals surface area contributed by atoms with E-state index in [1.165, 1.54) is 16.8 Å². The minimum Gasteiger partial charge on any atom is -0.392 e. The summed E-state index contributed by atoms with van der Waals surface area (Å²) in [4.78, 5) is 24.6. The highest BCUT2D eigenvalue weighted by atomic mass is 16.3. The van der Waals surface area contributed by atoms with Crippen LogP contribution in [0.1, 0.15) is 5.56 Å². The second-order valence-electron chi connectivity index (χ2n) is 3.40. The number of nitrogens with one attached hydrogen (secondary N) is 1. The quantitative estimate of drug-likeness (QED) is 0.559. The fourth-order valence-electron chi connectivity index (χ4n) is 1.26. The van der Waals surface area contributed by atoms with Crippen LogP contribution in [0.5, 0.6) is 0 Å². The van der Waals surface area contributed by atoms with Crippen LogP contribution in [0.25, 0.3) is 0 Å². The van der Waals surface area contributed by atoms with Gasteiger partial charge in [0, 0.05) is 11.8 Å². The van der Waals surface area contributed by atoms with Gasteiger partial charge in [0.25, 0.3) is 5.56 Å². The lowest BCUT2D eigenvalue weighted by Crippen LogP contribution is -2.31. The van der Waals surface area contributed by atoms with Gasteiger partial charge in [-0.25, -0.2) is 4.79 Å². The van der Waals surface area contributed by atoms with E-state index in [-0.39, 0.29) is 19.8 Å². The Morgan fingerprint density at radius 1 is 1.50 bits per heavy atom. The molecule has 0 unspecified atom stereocenters. The van der Waals surface area contributed by atoms with E-state index in [1.54, 1.807) is 6.92 Å². The van der Waals surface area contributed by atoms with Crippen molar-refractivity contribution < 1.29 is 10.2 Å². The van der Waals surface area contributed by atoms with Crippen molar-refractivity contribution in [2.75, 3.05) is 13.2 Å². The Labute approximate surface area is 91.5 Å². The van der Waals surface area contributed by atoms with Gasteiger partial charge in [-0.1, -0.05) is 6.08 Å². The van der Waals surface area contributed by atoms with Crippen LogP contribution in [0.2, 0.25) is 0 Å². The summed E-state index contributed by atoms with van der Waals surface area (Å²) in [6, 6.07) is 0. The number of hydrogen-bond acceptors (Lipinski definition) is 4. The highest BCUT2D eigenvalue weighted by Crippen LogP contribution is 1.96. The predicted molar refractivity (Wildman–Crippen MR) is 58.3 cm³/mol. The van der Waals surface area contributed by atoms with E-state index in [2.05, 4.69) is 4.98 Å². The number of hydrogen-bond donors (Lipinski definition) is 3. The SMILES string of the molecule is Cc1cn(C/C(=C/CO)CO)c(=O)[nH]c1=O. The number of aromatic amines is 1. The number of H-pyrrole nitrogens is 1. The Kier molecular flexibility index (Phi) is 4.21. The van der Waals surface area contributed by atoms with Crippen LogP contribution in [-0.4, -0.2) is 33.0 Å². The highest BCUT2D eigenvalue weighted by Gasteiger charge is 2.02. The molecule has 1 heterocycles. The molecule has 0 atom stereocenters. The van der Waals surface area contributed by atoms with Gasteiger partial charge < -0.3 is 10.2 Å². The van der Waals surface area contributed by atoms with E-state index in [9.17, 15) is 9.59 Å². The maximum atomic E-state index is 11.4. The van der Waals surface area contributed by atoms with E-state index in [0.717, 1.165) is 0 Å². The molecule has 0 aliphatic rings. The molecule has 0 saturated heterocycles. The molecule has 1 rings (SSSR count). The first-order valence-electron chi connectivity index (χ1n) is 4.78. The molecule has 0 aliphatic carbocycles. The van der Waals surface area contributed by atoms with Gasteiger partial charge in [0.05, 0.1) is 19.8 Å². The molecule has 6 nitrogen and oxygen atoms in total. The fraction of sp³-hybridized carbons (Fsp3) is 0.400. The van der Waals surface area contributed by atoms with Crippen LogP contribution in [0.4, 0.5) is 0 Å². The second kappa shape index (κ2) is 5.43. The van der Waals surface area contributed by atoms with Gasteiger partial charge in [0.1, 0.15) is 0 Å². The highest BCUT2D eigenvalue weighted by molar-refractivity contribution is 5.06. The Morgan fingerprint density at radius 2 is 2.19 bits per heavy atom. The molecule has 0 radical (unpaired) electrons. The number of rotatable bonds is 4. The number of aliphatic hydroxyl groups excluding tert-OH is 2. The van der Waals surface area contributed by atoms with E-state index in [0.29, 0.717) is 11.1 Å². The van der Waals surface area contributed by atoms with Crippen molar-refractivity contribution in [3.63, 3.8) is 0 Å². The molecule has 16 heavy (non-hydrogen) atoms. The maximum Gasteiger partial charge on any atom is 0.328 e. The largest absolute Gasteiger partial charge is 0.392 e. The average molecular weight is 226 g/mol. The monoisotopic (exact) mass is 226 g/mol. The molecule has 0 spiro atoms. The fourth-order valence-corrected chi connectivity index (χ4v) is 1.26. The van der Waals surface area contributed by atoms with Gasteiger partial charge in [0.2, 0.25) is 0 Å². The Balaban J connectivity index is 3.06. The van der Waals surface area contributed by atoms with Crippen LogP contribution >= 0.6 is 0 Å². The smallest absolute Gasteiger partial charge is 0.328 e. The minimum absolute atomic E-state index is 0.146. The number of aliphatic hydroxyl groups is 2. The van der Waals surface area contributed by atoms with Crippen LogP contribution in [-0.2, 0) is 6.54 Å². The third kappa shape index (κ3) is 2.91. The standard InChI is InChI=1S/C10H14N2O4/c1-7-4-12(10(16)11-9(7)15)5-8(6-14)2-3-13/h2,4,13-14H,3,5-6H2,1H3,(H,11,15,16)/b8-2-. The number of nitrogens with zero attached hydrogens (tertiary/aromatic N) is 1. The molecule has 1 aromatic heterocycles. The number of aryl methyl sites for hydroxylation is 1. The van der Waals surface area contributed by atoms with E-state index < -0.39 is 11.2 Å². The molecule has 1 aromatic rings. The van der Waals surface area contributed by atoms with E-state index in [4.69, 9.17) is 10.2 Å². The van der Waals surface area contributed by atoms with Crippen molar-refractivity contribution in [2.24, 2.45) is 0 Å². The lowest BCUT2D eigenvalue weighted by atomic mass is 10.2. The molecular formula is C10H14N2O4. The lowest BCUT2D eigenvalue weighted by Gasteiger charge is -2.07. The summed E-state index contributed by atoms with van der Waals surface area (Å²) in [5.41, 5.74) is -0.0252. The summed E-state index contributed by atoms with van der Waals surface area (Å²) in [5, 5.41) is 17.6. The summed E-state index contributed by atoms with van der Waals surface area (Å²) in [5.74, 6) is 0. The van der Waals surface area contributed by atoms with E-state index in [1.807, 2.05) is 0 Å². The molecule has 0 aliphatic heterocycles. The lowest BCUT2D eigenvalue weighted by molar-refractivity contribution is 0.313. The number of aromatic nitrogens is 2. The zero-order valence-corrected chi connectivity index (χ0v) is 8.93. The van der Waals surface area contributed by atoms with Gasteiger partial charge >= 0.3 is 5.69 Å². The summed E-state index contributed by atoms with van der Waals surface area (Å²) in [6.45, 7) is 1.29. The normalized spacial score (nSPS) is 11.8. The molecule has 6 heteroatoms. The molecule has 0 amide bonds. The van der Waals surface area contributed by atoms with Crippen LogP contribution in [0.15, 0.2) is 27.4 Å². The molecular weight excluding hydrogens is 212 g/mol. The third-order valence-electron chi connectivity index (χ3n) is 2.15. The van der Waals surface area contributed by atoms with Crippen LogP contribution in [0.3, 0.4) is 0 Å². The Morgan fingerprint density at radius 3 is 2.75 bits per heavy atom. The zero-order chi connectivity index (χ0) is 12.1. The third-order valence-corrected chi connectivity index (χ3v) is 2.15. The van der Waals surface area contributed by atoms with Gasteiger partial charge in [0.15, 0.2) is 0 Å². The van der Waals surface area contributed by atoms with Gasteiger partial charge in [-0.3, -0.25) is 14.3 Å².